The number of carbonyl (C=O) groups excluding carboxylic acids is 2. The van der Waals surface area contributed by atoms with Crippen molar-refractivity contribution < 1.29 is 19.5 Å². The number of fused-ring (bicyclic) bond motifs is 4. The average Bonchev–Trinajstić information content (AvgIpc) is 2.73. The van der Waals surface area contributed by atoms with E-state index in [4.69, 9.17) is 5.11 Å². The Morgan fingerprint density at radius 3 is 2.72 bits per heavy atom. The van der Waals surface area contributed by atoms with E-state index in [-0.39, 0.29) is 36.2 Å². The lowest BCUT2D eigenvalue weighted by Gasteiger charge is -2.56. The summed E-state index contributed by atoms with van der Waals surface area (Å²) in [5.74, 6) is -0.110. The van der Waals surface area contributed by atoms with Gasteiger partial charge in [0, 0.05) is 56.6 Å². The van der Waals surface area contributed by atoms with Crippen molar-refractivity contribution in [2.75, 3.05) is 26.2 Å². The minimum Gasteiger partial charge on any atom is -0.481 e. The molecule has 3 saturated heterocycles. The summed E-state index contributed by atoms with van der Waals surface area (Å²) in [5.41, 5.74) is 0.557. The van der Waals surface area contributed by atoms with Crippen molar-refractivity contribution in [3.05, 3.63) is 30.1 Å². The Balaban J connectivity index is 1.49. The summed E-state index contributed by atoms with van der Waals surface area (Å²) in [4.78, 5) is 44.6. The number of hydrogen-bond donors (Lipinski definition) is 2. The third kappa shape index (κ3) is 4.27. The Kier molecular flexibility index (Phi) is 5.80. The van der Waals surface area contributed by atoms with Crippen LogP contribution in [0.1, 0.15) is 42.5 Å². The number of piperidine rings is 3. The fraction of sp³-hybridized carbons (Fsp3) is 0.619. The third-order valence-corrected chi connectivity index (χ3v) is 6.63. The molecule has 4 heterocycles. The zero-order chi connectivity index (χ0) is 20.4. The number of rotatable bonds is 6. The summed E-state index contributed by atoms with van der Waals surface area (Å²) >= 11 is 0. The highest BCUT2D eigenvalue weighted by atomic mass is 16.4. The van der Waals surface area contributed by atoms with E-state index in [1.54, 1.807) is 24.5 Å². The number of hydrogen-bond acceptors (Lipinski definition) is 5. The van der Waals surface area contributed by atoms with Crippen molar-refractivity contribution in [2.24, 2.45) is 11.8 Å². The highest BCUT2D eigenvalue weighted by Crippen LogP contribution is 2.41. The predicted molar refractivity (Wildman–Crippen MR) is 105 cm³/mol. The van der Waals surface area contributed by atoms with Crippen molar-refractivity contribution in [1.82, 2.24) is 20.1 Å². The van der Waals surface area contributed by atoms with E-state index >= 15 is 0 Å². The Morgan fingerprint density at radius 2 is 1.97 bits per heavy atom. The molecule has 29 heavy (non-hydrogen) atoms. The molecule has 0 radical (unpaired) electrons. The fourth-order valence-corrected chi connectivity index (χ4v) is 5.37. The molecule has 2 bridgehead atoms. The van der Waals surface area contributed by atoms with Crippen LogP contribution in [0.15, 0.2) is 24.5 Å². The summed E-state index contributed by atoms with van der Waals surface area (Å²) in [7, 11) is 0. The van der Waals surface area contributed by atoms with Crippen LogP contribution in [0.2, 0.25) is 0 Å². The molecule has 0 unspecified atom stereocenters. The molecule has 0 spiro atoms. The number of aliphatic carboxylic acids is 1. The van der Waals surface area contributed by atoms with Gasteiger partial charge >= 0.3 is 5.97 Å². The van der Waals surface area contributed by atoms with Gasteiger partial charge in [-0.2, -0.15) is 0 Å². The van der Waals surface area contributed by atoms with E-state index < -0.39 is 5.97 Å². The standard InChI is InChI=1S/C21H28N4O4/c26-19-3-1-2-17-15-10-16(13-24(12-15)9-6-20(27)28)18(25(17)19)11-23-21(29)14-4-7-22-8-5-14/h4-5,7-8,15-18H,1-3,6,9-13H2,(H,23,29)(H,27,28)/t15-,16+,17+,18+/m1/s1. The summed E-state index contributed by atoms with van der Waals surface area (Å²) in [6.07, 6.45) is 6.83. The third-order valence-electron chi connectivity index (χ3n) is 6.63. The lowest BCUT2D eigenvalue weighted by Crippen LogP contribution is -2.67. The first-order valence-electron chi connectivity index (χ1n) is 10.5. The van der Waals surface area contributed by atoms with Gasteiger partial charge < -0.3 is 20.2 Å². The van der Waals surface area contributed by atoms with Crippen LogP contribution in [0.25, 0.3) is 0 Å². The Hall–Kier alpha value is -2.48. The van der Waals surface area contributed by atoms with Gasteiger partial charge in [-0.3, -0.25) is 19.4 Å². The SMILES string of the molecule is O=C(O)CCN1C[C@H]2C[C@@H](C1)[C@H](CNC(=O)c1ccncc1)N1C(=O)CCC[C@@H]21. The van der Waals surface area contributed by atoms with Gasteiger partial charge in [0.2, 0.25) is 5.91 Å². The first-order chi connectivity index (χ1) is 14.0. The van der Waals surface area contributed by atoms with Crippen LogP contribution in [0.4, 0.5) is 0 Å². The number of pyridine rings is 1. The van der Waals surface area contributed by atoms with Crippen LogP contribution in [0.5, 0.6) is 0 Å². The van der Waals surface area contributed by atoms with Crippen molar-refractivity contribution >= 4 is 17.8 Å². The van der Waals surface area contributed by atoms with Gasteiger partial charge in [-0.25, -0.2) is 0 Å². The van der Waals surface area contributed by atoms with E-state index in [2.05, 4.69) is 20.1 Å². The van der Waals surface area contributed by atoms with E-state index in [0.717, 1.165) is 32.4 Å². The molecule has 0 saturated carbocycles. The molecule has 2 N–H and O–H groups in total. The lowest BCUT2D eigenvalue weighted by atomic mass is 9.72. The number of likely N-dealkylation sites (tertiary alicyclic amines) is 1. The molecule has 8 heteroatoms. The normalized spacial score (nSPS) is 29.2. The van der Waals surface area contributed by atoms with Crippen LogP contribution in [-0.4, -0.2) is 75.9 Å². The second-order valence-electron chi connectivity index (χ2n) is 8.43. The number of carboxylic acid groups (broad SMARTS) is 1. The first kappa shape index (κ1) is 19.8. The van der Waals surface area contributed by atoms with Crippen molar-refractivity contribution in [3.63, 3.8) is 0 Å². The maximum absolute atomic E-state index is 12.8. The topological polar surface area (TPSA) is 103 Å². The molecule has 4 atom stereocenters. The molecule has 156 valence electrons. The van der Waals surface area contributed by atoms with Gasteiger partial charge in [-0.15, -0.1) is 0 Å². The van der Waals surface area contributed by atoms with E-state index in [1.807, 2.05) is 0 Å². The van der Waals surface area contributed by atoms with E-state index in [9.17, 15) is 14.4 Å². The quantitative estimate of drug-likeness (QED) is 0.738. The molecule has 1 aromatic heterocycles. The molecule has 8 nitrogen and oxygen atoms in total. The molecular weight excluding hydrogens is 372 g/mol. The highest BCUT2D eigenvalue weighted by molar-refractivity contribution is 5.94. The molecule has 3 aliphatic rings. The van der Waals surface area contributed by atoms with Crippen LogP contribution < -0.4 is 5.32 Å². The van der Waals surface area contributed by atoms with Crippen LogP contribution in [-0.2, 0) is 9.59 Å². The molecular formula is C21H28N4O4. The number of nitrogens with zero attached hydrogens (tertiary/aromatic N) is 3. The monoisotopic (exact) mass is 400 g/mol. The van der Waals surface area contributed by atoms with Crippen molar-refractivity contribution in [3.8, 4) is 0 Å². The smallest absolute Gasteiger partial charge is 0.304 e. The maximum atomic E-state index is 12.8. The summed E-state index contributed by atoms with van der Waals surface area (Å²) in [6, 6.07) is 3.51. The van der Waals surface area contributed by atoms with Crippen LogP contribution in [0, 0.1) is 11.8 Å². The fourth-order valence-electron chi connectivity index (χ4n) is 5.37. The number of aromatic nitrogens is 1. The summed E-state index contributed by atoms with van der Waals surface area (Å²) in [6.45, 7) is 2.59. The van der Waals surface area contributed by atoms with Gasteiger partial charge in [0.1, 0.15) is 0 Å². The molecule has 4 rings (SSSR count). The van der Waals surface area contributed by atoms with E-state index in [1.165, 1.54) is 0 Å². The molecule has 2 amide bonds. The number of amides is 2. The molecule has 0 aromatic carbocycles. The number of carboxylic acids is 1. The number of carbonyl (C=O) groups is 3. The van der Waals surface area contributed by atoms with Gasteiger partial charge in [0.15, 0.2) is 0 Å². The Labute approximate surface area is 170 Å². The second kappa shape index (κ2) is 8.49. The Bertz CT molecular complexity index is 771. The minimum absolute atomic E-state index is 0.0394. The van der Waals surface area contributed by atoms with Gasteiger partial charge in [0.05, 0.1) is 12.5 Å². The largest absolute Gasteiger partial charge is 0.481 e. The van der Waals surface area contributed by atoms with Gasteiger partial charge in [-0.1, -0.05) is 0 Å². The van der Waals surface area contributed by atoms with Crippen molar-refractivity contribution in [2.45, 2.75) is 44.2 Å². The zero-order valence-electron chi connectivity index (χ0n) is 16.5. The van der Waals surface area contributed by atoms with E-state index in [0.29, 0.717) is 31.0 Å². The minimum atomic E-state index is -0.781. The van der Waals surface area contributed by atoms with Crippen molar-refractivity contribution in [1.29, 1.82) is 0 Å². The molecule has 0 aliphatic carbocycles. The van der Waals surface area contributed by atoms with Gasteiger partial charge in [0.25, 0.3) is 5.91 Å². The molecule has 3 fully saturated rings. The zero-order valence-corrected chi connectivity index (χ0v) is 16.5. The Morgan fingerprint density at radius 1 is 1.21 bits per heavy atom. The first-order valence-corrected chi connectivity index (χ1v) is 10.5. The second-order valence-corrected chi connectivity index (χ2v) is 8.43. The summed E-state index contributed by atoms with van der Waals surface area (Å²) in [5, 5.41) is 12.1. The maximum Gasteiger partial charge on any atom is 0.304 e. The average molecular weight is 400 g/mol. The summed E-state index contributed by atoms with van der Waals surface area (Å²) < 4.78 is 0. The van der Waals surface area contributed by atoms with Crippen LogP contribution in [0.3, 0.4) is 0 Å². The predicted octanol–water partition coefficient (Wildman–Crippen LogP) is 0.988. The lowest BCUT2D eigenvalue weighted by molar-refractivity contribution is -0.152. The molecule has 1 aromatic rings. The molecule has 3 aliphatic heterocycles. The number of nitrogens with one attached hydrogen (secondary N) is 1. The van der Waals surface area contributed by atoms with Crippen LogP contribution >= 0.6 is 0 Å². The van der Waals surface area contributed by atoms with Gasteiger partial charge in [-0.05, 0) is 43.2 Å². The highest BCUT2D eigenvalue weighted by Gasteiger charge is 2.49.